The van der Waals surface area contributed by atoms with Crippen molar-refractivity contribution in [2.24, 2.45) is 0 Å². The molecule has 1 aliphatic heterocycles. The highest BCUT2D eigenvalue weighted by Crippen LogP contribution is 2.13. The Morgan fingerprint density at radius 1 is 1.60 bits per heavy atom. The van der Waals surface area contributed by atoms with Gasteiger partial charge in [-0.15, -0.1) is 0 Å². The summed E-state index contributed by atoms with van der Waals surface area (Å²) in [6, 6.07) is 2.76. The molecule has 0 bridgehead atoms. The number of nitrogens with zero attached hydrogens (tertiary/aromatic N) is 1. The van der Waals surface area contributed by atoms with E-state index in [1.54, 1.807) is 0 Å². The van der Waals surface area contributed by atoms with Crippen LogP contribution in [0.4, 0.5) is 5.69 Å². The summed E-state index contributed by atoms with van der Waals surface area (Å²) in [5, 5.41) is 6.96. The van der Waals surface area contributed by atoms with Gasteiger partial charge in [-0.3, -0.25) is 4.98 Å². The Bertz CT molecular complexity index is 305. The van der Waals surface area contributed by atoms with E-state index in [0.717, 1.165) is 12.6 Å². The molecule has 1 fully saturated rings. The monoisotopic (exact) mass is 205 g/mol. The molecule has 0 amide bonds. The van der Waals surface area contributed by atoms with Gasteiger partial charge in [0.05, 0.1) is 0 Å². The van der Waals surface area contributed by atoms with Crippen molar-refractivity contribution < 1.29 is 0 Å². The number of pyridine rings is 1. The van der Waals surface area contributed by atoms with Gasteiger partial charge in [0, 0.05) is 30.7 Å². The van der Waals surface area contributed by atoms with Gasteiger partial charge in [0.15, 0.2) is 0 Å². The SMILES string of the molecule is Cc1cnccc1NCCC1CCCN1. The van der Waals surface area contributed by atoms with Gasteiger partial charge < -0.3 is 10.6 Å². The van der Waals surface area contributed by atoms with E-state index in [-0.39, 0.29) is 0 Å². The summed E-state index contributed by atoms with van der Waals surface area (Å²) in [6.07, 6.45) is 7.61. The maximum absolute atomic E-state index is 4.08. The molecule has 0 radical (unpaired) electrons. The first-order valence-electron chi connectivity index (χ1n) is 5.74. The minimum absolute atomic E-state index is 0.722. The van der Waals surface area contributed by atoms with Crippen LogP contribution in [-0.2, 0) is 0 Å². The Balaban J connectivity index is 1.75. The quantitative estimate of drug-likeness (QED) is 0.789. The van der Waals surface area contributed by atoms with Crippen LogP contribution < -0.4 is 10.6 Å². The zero-order valence-corrected chi connectivity index (χ0v) is 9.29. The molecule has 1 unspecified atom stereocenters. The van der Waals surface area contributed by atoms with Crippen molar-refractivity contribution in [3.05, 3.63) is 24.0 Å². The highest BCUT2D eigenvalue weighted by molar-refractivity contribution is 5.48. The lowest BCUT2D eigenvalue weighted by molar-refractivity contribution is 0.574. The second kappa shape index (κ2) is 5.12. The van der Waals surface area contributed by atoms with Gasteiger partial charge in [0.2, 0.25) is 0 Å². The Hall–Kier alpha value is -1.09. The standard InChI is InChI=1S/C12H19N3/c1-10-9-13-7-5-12(10)15-8-4-11-3-2-6-14-11/h5,7,9,11,14H,2-4,6,8H2,1H3,(H,13,15). The molecule has 1 atom stereocenters. The number of anilines is 1. The maximum Gasteiger partial charge on any atom is 0.0400 e. The summed E-state index contributed by atoms with van der Waals surface area (Å²) in [4.78, 5) is 4.08. The smallest absolute Gasteiger partial charge is 0.0400 e. The molecule has 0 saturated carbocycles. The second-order valence-corrected chi connectivity index (χ2v) is 4.20. The Labute approximate surface area is 91.3 Å². The van der Waals surface area contributed by atoms with Gasteiger partial charge in [0.1, 0.15) is 0 Å². The van der Waals surface area contributed by atoms with Crippen molar-refractivity contribution in [1.82, 2.24) is 10.3 Å². The second-order valence-electron chi connectivity index (χ2n) is 4.20. The maximum atomic E-state index is 4.08. The molecular weight excluding hydrogens is 186 g/mol. The molecule has 82 valence electrons. The molecule has 3 nitrogen and oxygen atoms in total. The lowest BCUT2D eigenvalue weighted by Crippen LogP contribution is -2.24. The van der Waals surface area contributed by atoms with Crippen LogP contribution in [0, 0.1) is 6.92 Å². The van der Waals surface area contributed by atoms with Gasteiger partial charge in [-0.25, -0.2) is 0 Å². The third-order valence-corrected chi connectivity index (χ3v) is 2.99. The summed E-state index contributed by atoms with van der Waals surface area (Å²) >= 11 is 0. The normalized spacial score (nSPS) is 20.5. The molecule has 15 heavy (non-hydrogen) atoms. The largest absolute Gasteiger partial charge is 0.385 e. The zero-order valence-electron chi connectivity index (χ0n) is 9.29. The number of nitrogens with one attached hydrogen (secondary N) is 2. The van der Waals surface area contributed by atoms with Crippen molar-refractivity contribution in [3.8, 4) is 0 Å². The van der Waals surface area contributed by atoms with E-state index >= 15 is 0 Å². The first-order chi connectivity index (χ1) is 7.36. The first-order valence-corrected chi connectivity index (χ1v) is 5.74. The molecule has 1 saturated heterocycles. The van der Waals surface area contributed by atoms with Crippen LogP contribution in [0.25, 0.3) is 0 Å². The summed E-state index contributed by atoms with van der Waals surface area (Å²) in [7, 11) is 0. The van der Waals surface area contributed by atoms with Gasteiger partial charge in [-0.2, -0.15) is 0 Å². The number of aryl methyl sites for hydroxylation is 1. The van der Waals surface area contributed by atoms with Gasteiger partial charge >= 0.3 is 0 Å². The van der Waals surface area contributed by atoms with Gasteiger partial charge in [0.25, 0.3) is 0 Å². The number of rotatable bonds is 4. The highest BCUT2D eigenvalue weighted by atomic mass is 15.0. The van der Waals surface area contributed by atoms with Gasteiger partial charge in [-0.05, 0) is 44.4 Å². The Morgan fingerprint density at radius 3 is 3.27 bits per heavy atom. The summed E-state index contributed by atoms with van der Waals surface area (Å²) < 4.78 is 0. The fourth-order valence-electron chi connectivity index (χ4n) is 2.06. The minimum atomic E-state index is 0.722. The van der Waals surface area contributed by atoms with Crippen LogP contribution in [0.1, 0.15) is 24.8 Å². The van der Waals surface area contributed by atoms with E-state index in [4.69, 9.17) is 0 Å². The molecular formula is C12H19N3. The third-order valence-electron chi connectivity index (χ3n) is 2.99. The fourth-order valence-corrected chi connectivity index (χ4v) is 2.06. The van der Waals surface area contributed by atoms with Crippen molar-refractivity contribution in [2.45, 2.75) is 32.2 Å². The fraction of sp³-hybridized carbons (Fsp3) is 0.583. The Morgan fingerprint density at radius 2 is 2.53 bits per heavy atom. The van der Waals surface area contributed by atoms with Crippen LogP contribution in [0.3, 0.4) is 0 Å². The van der Waals surface area contributed by atoms with Crippen molar-refractivity contribution in [3.63, 3.8) is 0 Å². The first kappa shape index (κ1) is 10.4. The van der Waals surface area contributed by atoms with E-state index in [9.17, 15) is 0 Å². The highest BCUT2D eigenvalue weighted by Gasteiger charge is 2.12. The predicted octanol–water partition coefficient (Wildman–Crippen LogP) is 1.94. The van der Waals surface area contributed by atoms with Crippen molar-refractivity contribution in [1.29, 1.82) is 0 Å². The van der Waals surface area contributed by atoms with Gasteiger partial charge in [-0.1, -0.05) is 0 Å². The third kappa shape index (κ3) is 2.93. The topological polar surface area (TPSA) is 37.0 Å². The lowest BCUT2D eigenvalue weighted by Gasteiger charge is -2.12. The van der Waals surface area contributed by atoms with E-state index in [1.165, 1.54) is 37.1 Å². The average Bonchev–Trinajstić information content (AvgIpc) is 2.74. The van der Waals surface area contributed by atoms with Crippen molar-refractivity contribution in [2.75, 3.05) is 18.4 Å². The van der Waals surface area contributed by atoms with Crippen LogP contribution in [0.2, 0.25) is 0 Å². The summed E-state index contributed by atoms with van der Waals surface area (Å²) in [5.74, 6) is 0. The van der Waals surface area contributed by atoms with E-state index in [2.05, 4.69) is 22.5 Å². The summed E-state index contributed by atoms with van der Waals surface area (Å²) in [6.45, 7) is 4.32. The number of hydrogen-bond acceptors (Lipinski definition) is 3. The van der Waals surface area contributed by atoms with Crippen molar-refractivity contribution >= 4 is 5.69 Å². The minimum Gasteiger partial charge on any atom is -0.385 e. The lowest BCUT2D eigenvalue weighted by atomic mass is 10.1. The number of hydrogen-bond donors (Lipinski definition) is 2. The molecule has 0 aliphatic carbocycles. The molecule has 0 aromatic carbocycles. The number of aromatic nitrogens is 1. The molecule has 0 spiro atoms. The molecule has 3 heteroatoms. The average molecular weight is 205 g/mol. The molecule has 1 aliphatic rings. The predicted molar refractivity (Wildman–Crippen MR) is 63.1 cm³/mol. The molecule has 2 heterocycles. The molecule has 1 aromatic rings. The van der Waals surface area contributed by atoms with Crippen LogP contribution in [0.5, 0.6) is 0 Å². The van der Waals surface area contributed by atoms with E-state index < -0.39 is 0 Å². The van der Waals surface area contributed by atoms with E-state index in [0.29, 0.717) is 0 Å². The van der Waals surface area contributed by atoms with Crippen LogP contribution >= 0.6 is 0 Å². The zero-order chi connectivity index (χ0) is 10.5. The molecule has 2 N–H and O–H groups in total. The summed E-state index contributed by atoms with van der Waals surface area (Å²) in [5.41, 5.74) is 2.43. The van der Waals surface area contributed by atoms with E-state index in [1.807, 2.05) is 18.5 Å². The molecule has 1 aromatic heterocycles. The van der Waals surface area contributed by atoms with Crippen LogP contribution in [0.15, 0.2) is 18.5 Å². The van der Waals surface area contributed by atoms with Crippen LogP contribution in [-0.4, -0.2) is 24.1 Å². The Kier molecular flexibility index (Phi) is 3.56. The molecule has 2 rings (SSSR count).